The number of nitrogens with two attached hydrogens (primary N) is 1. The average molecular weight is 343 g/mol. The highest BCUT2D eigenvalue weighted by atomic mass is 16.6. The van der Waals surface area contributed by atoms with E-state index >= 15 is 0 Å². The van der Waals surface area contributed by atoms with Crippen LogP contribution in [-0.4, -0.2) is 30.4 Å². The normalized spacial score (nSPS) is 10.1. The molecule has 0 spiro atoms. The van der Waals surface area contributed by atoms with E-state index in [1.807, 2.05) is 0 Å². The van der Waals surface area contributed by atoms with Gasteiger partial charge in [0.2, 0.25) is 5.91 Å². The second-order valence-corrected chi connectivity index (χ2v) is 5.15. The summed E-state index contributed by atoms with van der Waals surface area (Å²) in [6.07, 6.45) is -0.0710. The summed E-state index contributed by atoms with van der Waals surface area (Å²) in [5.41, 5.74) is 5.21. The molecule has 0 bridgehead atoms. The molecule has 2 aromatic carbocycles. The van der Waals surface area contributed by atoms with Crippen molar-refractivity contribution in [2.45, 2.75) is 6.42 Å². The number of primary amides is 1. The Balaban J connectivity index is 2.48. The zero-order chi connectivity index (χ0) is 18.4. The molecule has 130 valence electrons. The number of methoxy groups -OCH3 is 1. The molecule has 25 heavy (non-hydrogen) atoms. The van der Waals surface area contributed by atoms with Gasteiger partial charge in [0.1, 0.15) is 11.3 Å². The molecule has 0 saturated carbocycles. The molecule has 8 nitrogen and oxygen atoms in total. The Morgan fingerprint density at radius 2 is 1.88 bits per heavy atom. The third kappa shape index (κ3) is 4.31. The number of carbonyl (C=O) groups excluding carboxylic acids is 2. The smallest absolute Gasteiger partial charge is 0.282 e. The Morgan fingerprint density at radius 3 is 2.44 bits per heavy atom. The molecular formula is C17H17N3O5. The number of nitro benzene ring substituents is 1. The molecule has 0 radical (unpaired) electrons. The van der Waals surface area contributed by atoms with Gasteiger partial charge in [-0.1, -0.05) is 18.2 Å². The van der Waals surface area contributed by atoms with Crippen molar-refractivity contribution in [1.29, 1.82) is 0 Å². The minimum atomic E-state index is -0.635. The number of rotatable bonds is 7. The van der Waals surface area contributed by atoms with Crippen LogP contribution in [-0.2, 0) is 4.79 Å². The van der Waals surface area contributed by atoms with Crippen LogP contribution in [0.2, 0.25) is 0 Å². The van der Waals surface area contributed by atoms with Gasteiger partial charge in [-0.05, 0) is 24.3 Å². The standard InChI is InChI=1S/C17H17N3O5/c1-25-13-7-8-15(20(23)24)14(11-13)17(22)19(10-9-16(18)21)12-5-3-2-4-6-12/h2-8,11H,9-10H2,1H3,(H2,18,21). The number of carbonyl (C=O) groups is 2. The first kappa shape index (κ1) is 17.9. The van der Waals surface area contributed by atoms with Gasteiger partial charge in [0.25, 0.3) is 11.6 Å². The lowest BCUT2D eigenvalue weighted by atomic mass is 10.1. The second kappa shape index (κ2) is 7.91. The van der Waals surface area contributed by atoms with Crippen molar-refractivity contribution in [2.24, 2.45) is 5.73 Å². The molecule has 0 aromatic heterocycles. The van der Waals surface area contributed by atoms with Crippen molar-refractivity contribution < 1.29 is 19.2 Å². The molecule has 0 saturated heterocycles. The number of hydrogen-bond donors (Lipinski definition) is 1. The monoisotopic (exact) mass is 343 g/mol. The van der Waals surface area contributed by atoms with Crippen LogP contribution in [0, 0.1) is 10.1 Å². The predicted molar refractivity (Wildman–Crippen MR) is 91.6 cm³/mol. The zero-order valence-electron chi connectivity index (χ0n) is 13.5. The van der Waals surface area contributed by atoms with Crippen LogP contribution >= 0.6 is 0 Å². The average Bonchev–Trinajstić information content (AvgIpc) is 2.61. The minimum absolute atomic E-state index is 0.00649. The summed E-state index contributed by atoms with van der Waals surface area (Å²) in [7, 11) is 1.40. The SMILES string of the molecule is COc1ccc([N+](=O)[O-])c(C(=O)N(CCC(N)=O)c2ccccc2)c1. The van der Waals surface area contributed by atoms with Crippen LogP contribution in [0.4, 0.5) is 11.4 Å². The number of nitrogens with zero attached hydrogens (tertiary/aromatic N) is 2. The summed E-state index contributed by atoms with van der Waals surface area (Å²) in [5.74, 6) is -0.871. The highest BCUT2D eigenvalue weighted by molar-refractivity contribution is 6.09. The first-order chi connectivity index (χ1) is 11.9. The maximum Gasteiger partial charge on any atom is 0.282 e. The van der Waals surface area contributed by atoms with Gasteiger partial charge in [0.05, 0.1) is 12.0 Å². The Morgan fingerprint density at radius 1 is 1.20 bits per heavy atom. The highest BCUT2D eigenvalue weighted by Crippen LogP contribution is 2.27. The summed E-state index contributed by atoms with van der Waals surface area (Å²) in [6.45, 7) is 0.00649. The van der Waals surface area contributed by atoms with E-state index < -0.39 is 16.7 Å². The molecule has 8 heteroatoms. The van der Waals surface area contributed by atoms with Gasteiger partial charge in [-0.2, -0.15) is 0 Å². The van der Waals surface area contributed by atoms with Crippen molar-refractivity contribution in [3.05, 3.63) is 64.2 Å². The lowest BCUT2D eigenvalue weighted by Crippen LogP contribution is -2.34. The molecule has 2 amide bonds. The van der Waals surface area contributed by atoms with Gasteiger partial charge in [0.15, 0.2) is 0 Å². The molecule has 0 aliphatic rings. The molecule has 0 fully saturated rings. The van der Waals surface area contributed by atoms with Crippen molar-refractivity contribution in [1.82, 2.24) is 0 Å². The number of anilines is 1. The number of hydrogen-bond acceptors (Lipinski definition) is 5. The predicted octanol–water partition coefficient (Wildman–Crippen LogP) is 2.13. The van der Waals surface area contributed by atoms with Crippen molar-refractivity contribution in [2.75, 3.05) is 18.6 Å². The third-order valence-corrected chi connectivity index (χ3v) is 3.53. The lowest BCUT2D eigenvalue weighted by molar-refractivity contribution is -0.385. The summed E-state index contributed by atoms with van der Waals surface area (Å²) >= 11 is 0. The van der Waals surface area contributed by atoms with Crippen molar-refractivity contribution in [3.8, 4) is 5.75 Å². The third-order valence-electron chi connectivity index (χ3n) is 3.53. The molecule has 2 N–H and O–H groups in total. The van der Waals surface area contributed by atoms with Crippen LogP contribution in [0.3, 0.4) is 0 Å². The van der Waals surface area contributed by atoms with E-state index in [2.05, 4.69) is 0 Å². The van der Waals surface area contributed by atoms with Gasteiger partial charge < -0.3 is 15.4 Å². The largest absolute Gasteiger partial charge is 0.497 e. The molecule has 0 unspecified atom stereocenters. The fourth-order valence-electron chi connectivity index (χ4n) is 2.30. The fraction of sp³-hybridized carbons (Fsp3) is 0.176. The summed E-state index contributed by atoms with van der Waals surface area (Å²) < 4.78 is 5.06. The molecular weight excluding hydrogens is 326 g/mol. The van der Waals surface area contributed by atoms with E-state index in [1.165, 1.54) is 30.2 Å². The maximum atomic E-state index is 13.0. The molecule has 0 atom stereocenters. The Bertz CT molecular complexity index is 792. The number of amides is 2. The van der Waals surface area contributed by atoms with Crippen LogP contribution < -0.4 is 15.4 Å². The quantitative estimate of drug-likeness (QED) is 0.610. The van der Waals surface area contributed by atoms with Crippen LogP contribution in [0.1, 0.15) is 16.8 Å². The molecule has 0 aliphatic heterocycles. The van der Waals surface area contributed by atoms with Gasteiger partial charge >= 0.3 is 0 Å². The van der Waals surface area contributed by atoms with Crippen LogP contribution in [0.15, 0.2) is 48.5 Å². The molecule has 2 aromatic rings. The van der Waals surface area contributed by atoms with E-state index in [9.17, 15) is 19.7 Å². The first-order valence-electron chi connectivity index (χ1n) is 7.41. The zero-order valence-corrected chi connectivity index (χ0v) is 13.5. The number of para-hydroxylation sites is 1. The first-order valence-corrected chi connectivity index (χ1v) is 7.41. The van der Waals surface area contributed by atoms with E-state index in [0.717, 1.165) is 0 Å². The van der Waals surface area contributed by atoms with Gasteiger partial charge in [-0.15, -0.1) is 0 Å². The Labute approximate surface area is 144 Å². The van der Waals surface area contributed by atoms with E-state index in [4.69, 9.17) is 10.5 Å². The van der Waals surface area contributed by atoms with Gasteiger partial charge in [0, 0.05) is 24.7 Å². The fourth-order valence-corrected chi connectivity index (χ4v) is 2.30. The van der Waals surface area contributed by atoms with Crippen LogP contribution in [0.5, 0.6) is 5.75 Å². The maximum absolute atomic E-state index is 13.0. The Hall–Kier alpha value is -3.42. The number of ether oxygens (including phenoxy) is 1. The number of benzene rings is 2. The minimum Gasteiger partial charge on any atom is -0.497 e. The summed E-state index contributed by atoms with van der Waals surface area (Å²) in [6, 6.07) is 12.5. The second-order valence-electron chi connectivity index (χ2n) is 5.15. The van der Waals surface area contributed by atoms with E-state index in [1.54, 1.807) is 30.3 Å². The van der Waals surface area contributed by atoms with Crippen molar-refractivity contribution >= 4 is 23.2 Å². The van der Waals surface area contributed by atoms with E-state index in [0.29, 0.717) is 11.4 Å². The molecule has 0 heterocycles. The summed E-state index contributed by atoms with van der Waals surface area (Å²) in [5, 5.41) is 11.3. The van der Waals surface area contributed by atoms with E-state index in [-0.39, 0.29) is 24.2 Å². The van der Waals surface area contributed by atoms with Gasteiger partial charge in [-0.25, -0.2) is 0 Å². The van der Waals surface area contributed by atoms with Crippen LogP contribution in [0.25, 0.3) is 0 Å². The molecule has 0 aliphatic carbocycles. The van der Waals surface area contributed by atoms with Gasteiger partial charge in [-0.3, -0.25) is 19.7 Å². The highest BCUT2D eigenvalue weighted by Gasteiger charge is 2.26. The topological polar surface area (TPSA) is 116 Å². The summed E-state index contributed by atoms with van der Waals surface area (Å²) in [4.78, 5) is 36.0. The molecule has 2 rings (SSSR count). The lowest BCUT2D eigenvalue weighted by Gasteiger charge is -2.22. The Kier molecular flexibility index (Phi) is 5.67. The van der Waals surface area contributed by atoms with Crippen molar-refractivity contribution in [3.63, 3.8) is 0 Å². The number of nitro groups is 1.